The van der Waals surface area contributed by atoms with Crippen LogP contribution in [-0.4, -0.2) is 23.4 Å². The summed E-state index contributed by atoms with van der Waals surface area (Å²) in [5, 5.41) is 17.0. The topological polar surface area (TPSA) is 67.9 Å². The van der Waals surface area contributed by atoms with E-state index in [1.165, 1.54) is 0 Å². The summed E-state index contributed by atoms with van der Waals surface area (Å²) in [4.78, 5) is 13.2. The van der Waals surface area contributed by atoms with E-state index in [1.54, 1.807) is 11.8 Å². The molecule has 1 atom stereocenters. The third-order valence-electron chi connectivity index (χ3n) is 1.94. The Morgan fingerprint density at radius 1 is 1.36 bits per heavy atom. The molecule has 0 saturated carbocycles. The van der Waals surface area contributed by atoms with E-state index in [0.717, 1.165) is 0 Å². The molecule has 14 heavy (non-hydrogen) atoms. The standard InChI is InChI=1S/C10H15N3O/c1-8(2)13(6-4-5-11)10(14)9(3)7-12/h8-9H,4,6H2,1-3H3. The molecule has 1 unspecified atom stereocenters. The first-order valence-electron chi connectivity index (χ1n) is 4.61. The van der Waals surface area contributed by atoms with Crippen LogP contribution in [0.4, 0.5) is 0 Å². The van der Waals surface area contributed by atoms with Crippen molar-refractivity contribution in [2.24, 2.45) is 5.92 Å². The van der Waals surface area contributed by atoms with Crippen LogP contribution in [0.3, 0.4) is 0 Å². The highest BCUT2D eigenvalue weighted by atomic mass is 16.2. The molecule has 0 saturated heterocycles. The van der Waals surface area contributed by atoms with Gasteiger partial charge in [-0.15, -0.1) is 0 Å². The Hall–Kier alpha value is -1.55. The highest BCUT2D eigenvalue weighted by Gasteiger charge is 2.21. The average Bonchev–Trinajstić information content (AvgIpc) is 2.16. The fourth-order valence-electron chi connectivity index (χ4n) is 1.10. The minimum atomic E-state index is -0.629. The largest absolute Gasteiger partial charge is 0.338 e. The lowest BCUT2D eigenvalue weighted by Crippen LogP contribution is -2.40. The lowest BCUT2D eigenvalue weighted by molar-refractivity contribution is -0.134. The van der Waals surface area contributed by atoms with Gasteiger partial charge in [-0.05, 0) is 20.8 Å². The summed E-state index contributed by atoms with van der Waals surface area (Å²) in [6.45, 7) is 5.72. The molecule has 0 N–H and O–H groups in total. The van der Waals surface area contributed by atoms with Gasteiger partial charge in [-0.2, -0.15) is 10.5 Å². The molecule has 0 radical (unpaired) electrons. The van der Waals surface area contributed by atoms with Crippen molar-refractivity contribution in [2.75, 3.05) is 6.54 Å². The maximum Gasteiger partial charge on any atom is 0.239 e. The number of carbonyl (C=O) groups is 1. The van der Waals surface area contributed by atoms with Gasteiger partial charge in [-0.1, -0.05) is 0 Å². The molecule has 0 aromatic carbocycles. The van der Waals surface area contributed by atoms with E-state index in [4.69, 9.17) is 10.5 Å². The molecular formula is C10H15N3O. The van der Waals surface area contributed by atoms with Crippen LogP contribution in [0.1, 0.15) is 27.2 Å². The van der Waals surface area contributed by atoms with Gasteiger partial charge < -0.3 is 4.90 Å². The molecule has 0 aliphatic carbocycles. The molecule has 4 heteroatoms. The number of hydrogen-bond donors (Lipinski definition) is 0. The molecule has 0 aromatic rings. The van der Waals surface area contributed by atoms with E-state index in [9.17, 15) is 4.79 Å². The Balaban J connectivity index is 4.44. The van der Waals surface area contributed by atoms with E-state index in [2.05, 4.69) is 0 Å². The number of amides is 1. The van der Waals surface area contributed by atoms with Crippen LogP contribution in [0.25, 0.3) is 0 Å². The fraction of sp³-hybridized carbons (Fsp3) is 0.700. The molecule has 0 rings (SSSR count). The van der Waals surface area contributed by atoms with Gasteiger partial charge in [-0.3, -0.25) is 4.79 Å². The lowest BCUT2D eigenvalue weighted by Gasteiger charge is -2.26. The SMILES string of the molecule is CC(C#N)C(=O)N(CCC#N)C(C)C. The number of hydrogen-bond acceptors (Lipinski definition) is 3. The van der Waals surface area contributed by atoms with E-state index in [1.807, 2.05) is 26.0 Å². The van der Waals surface area contributed by atoms with Crippen molar-refractivity contribution < 1.29 is 4.79 Å². The minimum Gasteiger partial charge on any atom is -0.338 e. The second kappa shape index (κ2) is 5.99. The van der Waals surface area contributed by atoms with Crippen LogP contribution in [0.2, 0.25) is 0 Å². The summed E-state index contributed by atoms with van der Waals surface area (Å²) in [6.07, 6.45) is 0.308. The van der Waals surface area contributed by atoms with Crippen LogP contribution in [0.5, 0.6) is 0 Å². The van der Waals surface area contributed by atoms with E-state index in [0.29, 0.717) is 13.0 Å². The molecule has 76 valence electrons. The van der Waals surface area contributed by atoms with E-state index >= 15 is 0 Å². The summed E-state index contributed by atoms with van der Waals surface area (Å²) in [5.74, 6) is -0.825. The number of rotatable bonds is 4. The highest BCUT2D eigenvalue weighted by Crippen LogP contribution is 2.06. The van der Waals surface area contributed by atoms with E-state index < -0.39 is 5.92 Å². The second-order valence-electron chi connectivity index (χ2n) is 3.38. The van der Waals surface area contributed by atoms with E-state index in [-0.39, 0.29) is 11.9 Å². The Labute approximate surface area is 84.7 Å². The van der Waals surface area contributed by atoms with Gasteiger partial charge in [0, 0.05) is 12.6 Å². The van der Waals surface area contributed by atoms with Crippen LogP contribution >= 0.6 is 0 Å². The van der Waals surface area contributed by atoms with Crippen LogP contribution in [0.15, 0.2) is 0 Å². The maximum atomic E-state index is 11.6. The van der Waals surface area contributed by atoms with Crippen LogP contribution < -0.4 is 0 Å². The zero-order chi connectivity index (χ0) is 11.1. The predicted molar refractivity (Wildman–Crippen MR) is 51.9 cm³/mol. The summed E-state index contributed by atoms with van der Waals surface area (Å²) in [5.41, 5.74) is 0. The van der Waals surface area contributed by atoms with Crippen LogP contribution in [0, 0.1) is 28.6 Å². The molecule has 0 fully saturated rings. The summed E-state index contributed by atoms with van der Waals surface area (Å²) >= 11 is 0. The van der Waals surface area contributed by atoms with Crippen molar-refractivity contribution in [3.8, 4) is 12.1 Å². The van der Waals surface area contributed by atoms with Gasteiger partial charge in [-0.25, -0.2) is 0 Å². The lowest BCUT2D eigenvalue weighted by atomic mass is 10.1. The van der Waals surface area contributed by atoms with Gasteiger partial charge in [0.1, 0.15) is 5.92 Å². The predicted octanol–water partition coefficient (Wildman–Crippen LogP) is 1.30. The van der Waals surface area contributed by atoms with Crippen molar-refractivity contribution in [3.05, 3.63) is 0 Å². The molecule has 4 nitrogen and oxygen atoms in total. The third kappa shape index (κ3) is 3.45. The molecule has 0 spiro atoms. The quantitative estimate of drug-likeness (QED) is 0.675. The zero-order valence-corrected chi connectivity index (χ0v) is 8.82. The molecule has 0 aliphatic rings. The van der Waals surface area contributed by atoms with Gasteiger partial charge >= 0.3 is 0 Å². The van der Waals surface area contributed by atoms with Gasteiger partial charge in [0.25, 0.3) is 0 Å². The number of carbonyl (C=O) groups excluding carboxylic acids is 1. The normalized spacial score (nSPS) is 11.6. The third-order valence-corrected chi connectivity index (χ3v) is 1.94. The first-order chi connectivity index (χ1) is 6.54. The Morgan fingerprint density at radius 3 is 2.29 bits per heavy atom. The number of nitrogens with zero attached hydrogens (tertiary/aromatic N) is 3. The van der Waals surface area contributed by atoms with Crippen molar-refractivity contribution in [2.45, 2.75) is 33.2 Å². The average molecular weight is 193 g/mol. The monoisotopic (exact) mass is 193 g/mol. The minimum absolute atomic E-state index is 0.0339. The highest BCUT2D eigenvalue weighted by molar-refractivity contribution is 5.81. The van der Waals surface area contributed by atoms with Crippen molar-refractivity contribution in [3.63, 3.8) is 0 Å². The zero-order valence-electron chi connectivity index (χ0n) is 8.82. The molecular weight excluding hydrogens is 178 g/mol. The molecule has 0 aromatic heterocycles. The van der Waals surface area contributed by atoms with Crippen molar-refractivity contribution in [1.29, 1.82) is 10.5 Å². The van der Waals surface area contributed by atoms with Crippen LogP contribution in [-0.2, 0) is 4.79 Å². The Kier molecular flexibility index (Phi) is 5.33. The van der Waals surface area contributed by atoms with Gasteiger partial charge in [0.15, 0.2) is 0 Å². The van der Waals surface area contributed by atoms with Gasteiger partial charge in [0.2, 0.25) is 5.91 Å². The second-order valence-corrected chi connectivity index (χ2v) is 3.38. The Morgan fingerprint density at radius 2 is 1.93 bits per heavy atom. The fourth-order valence-corrected chi connectivity index (χ4v) is 1.10. The molecule has 0 aliphatic heterocycles. The Bertz CT molecular complexity index is 272. The first kappa shape index (κ1) is 12.4. The number of nitriles is 2. The van der Waals surface area contributed by atoms with Gasteiger partial charge in [0.05, 0.1) is 18.6 Å². The molecule has 0 bridgehead atoms. The first-order valence-corrected chi connectivity index (χ1v) is 4.61. The summed E-state index contributed by atoms with van der Waals surface area (Å²) in [7, 11) is 0. The van der Waals surface area contributed by atoms with Crippen molar-refractivity contribution in [1.82, 2.24) is 4.90 Å². The van der Waals surface area contributed by atoms with Crippen molar-refractivity contribution >= 4 is 5.91 Å². The summed E-state index contributed by atoms with van der Waals surface area (Å²) in [6, 6.07) is 3.92. The molecule has 1 amide bonds. The maximum absolute atomic E-state index is 11.6. The summed E-state index contributed by atoms with van der Waals surface area (Å²) < 4.78 is 0. The molecule has 0 heterocycles. The smallest absolute Gasteiger partial charge is 0.239 e.